The van der Waals surface area contributed by atoms with E-state index in [1.807, 2.05) is 41.5 Å². The van der Waals surface area contributed by atoms with Crippen molar-refractivity contribution in [3.8, 4) is 5.75 Å². The zero-order valence-electron chi connectivity index (χ0n) is 26.0. The van der Waals surface area contributed by atoms with E-state index in [0.717, 1.165) is 0 Å². The van der Waals surface area contributed by atoms with Crippen LogP contribution in [0.15, 0.2) is 24.3 Å². The van der Waals surface area contributed by atoms with Crippen LogP contribution in [0.4, 0.5) is 10.5 Å². The Morgan fingerprint density at radius 2 is 1.71 bits per heavy atom. The van der Waals surface area contributed by atoms with Gasteiger partial charge >= 0.3 is 6.03 Å². The van der Waals surface area contributed by atoms with Crippen LogP contribution in [0.2, 0.25) is 0 Å². The Labute approximate surface area is 248 Å². The molecule has 234 valence electrons. The molecule has 1 aliphatic rings. The zero-order chi connectivity index (χ0) is 31.7. The molecular weight excluding hydrogens is 540 g/mol. The van der Waals surface area contributed by atoms with Crippen LogP contribution in [0.1, 0.15) is 73.6 Å². The summed E-state index contributed by atoms with van der Waals surface area (Å²) in [5.74, 6) is -0.953. The van der Waals surface area contributed by atoms with Gasteiger partial charge in [0.15, 0.2) is 0 Å². The van der Waals surface area contributed by atoms with Gasteiger partial charge in [0.2, 0.25) is 23.6 Å². The molecule has 1 aromatic carbocycles. The molecular formula is C30H48N6O6. The molecule has 1 aromatic rings. The summed E-state index contributed by atoms with van der Waals surface area (Å²) < 4.78 is 5.19. The first-order valence-electron chi connectivity index (χ1n) is 14.3. The van der Waals surface area contributed by atoms with E-state index in [-0.39, 0.29) is 48.5 Å². The number of carbonyl (C=O) groups is 5. The lowest BCUT2D eigenvalue weighted by molar-refractivity contribution is -0.140. The minimum atomic E-state index is -0.972. The fraction of sp³-hybridized carbons (Fsp3) is 0.633. The maximum atomic E-state index is 13.4. The Kier molecular flexibility index (Phi) is 12.2. The predicted molar refractivity (Wildman–Crippen MR) is 161 cm³/mol. The van der Waals surface area contributed by atoms with Crippen LogP contribution >= 0.6 is 0 Å². The number of amides is 6. The third-order valence-corrected chi connectivity index (χ3v) is 6.61. The molecule has 1 aliphatic heterocycles. The van der Waals surface area contributed by atoms with Gasteiger partial charge in [0.1, 0.15) is 17.8 Å². The molecule has 12 heteroatoms. The lowest BCUT2D eigenvalue weighted by Gasteiger charge is -2.28. The molecule has 0 bridgehead atoms. The standard InChI is InChI=1S/C30H48N6O6/c1-29(2,3)16-24(37)32-13-9-12-22(26(31)39)35-27(40)23-15-20(18-36(23)25(38)17-30(4,5)6)34-28(41)33-19-10-8-11-21(14-19)42-7/h8,10-11,14,20,22-23H,9,12-13,15-18H2,1-7H3,(H2,31,39)(H,32,37)(H,35,40)(H2,33,34,41)/t20-,22-,23-/m0/s1. The van der Waals surface area contributed by atoms with E-state index in [1.165, 1.54) is 12.0 Å². The number of urea groups is 1. The second-order valence-corrected chi connectivity index (χ2v) is 13.3. The number of primary amides is 1. The molecule has 0 aromatic heterocycles. The molecule has 0 unspecified atom stereocenters. The van der Waals surface area contributed by atoms with Gasteiger partial charge in [-0.05, 0) is 42.2 Å². The monoisotopic (exact) mass is 588 g/mol. The van der Waals surface area contributed by atoms with Crippen molar-refractivity contribution in [3.63, 3.8) is 0 Å². The maximum Gasteiger partial charge on any atom is 0.319 e. The van der Waals surface area contributed by atoms with Gasteiger partial charge in [-0.15, -0.1) is 0 Å². The van der Waals surface area contributed by atoms with E-state index in [9.17, 15) is 24.0 Å². The zero-order valence-corrected chi connectivity index (χ0v) is 26.0. The van der Waals surface area contributed by atoms with Crippen molar-refractivity contribution in [2.45, 2.75) is 91.8 Å². The van der Waals surface area contributed by atoms with Gasteiger partial charge in [0, 0.05) is 37.7 Å². The van der Waals surface area contributed by atoms with Crippen LogP contribution in [0.3, 0.4) is 0 Å². The molecule has 0 spiro atoms. The fourth-order valence-electron chi connectivity index (χ4n) is 4.70. The Bertz CT molecular complexity index is 1130. The van der Waals surface area contributed by atoms with Crippen LogP contribution in [0, 0.1) is 10.8 Å². The van der Waals surface area contributed by atoms with Crippen molar-refractivity contribution in [2.75, 3.05) is 25.5 Å². The molecule has 1 heterocycles. The van der Waals surface area contributed by atoms with Gasteiger partial charge in [-0.1, -0.05) is 47.6 Å². The van der Waals surface area contributed by atoms with Gasteiger partial charge < -0.3 is 36.6 Å². The molecule has 1 fully saturated rings. The highest BCUT2D eigenvalue weighted by Crippen LogP contribution is 2.26. The first-order valence-corrected chi connectivity index (χ1v) is 14.3. The lowest BCUT2D eigenvalue weighted by atomic mass is 9.91. The molecule has 6 N–H and O–H groups in total. The van der Waals surface area contributed by atoms with Crippen LogP contribution < -0.4 is 31.7 Å². The normalized spacial score (nSPS) is 17.6. The number of carbonyl (C=O) groups excluding carboxylic acids is 5. The smallest absolute Gasteiger partial charge is 0.319 e. The minimum Gasteiger partial charge on any atom is -0.497 e. The number of anilines is 1. The van der Waals surface area contributed by atoms with Gasteiger partial charge in [-0.3, -0.25) is 19.2 Å². The van der Waals surface area contributed by atoms with Crippen molar-refractivity contribution in [3.05, 3.63) is 24.3 Å². The number of nitrogens with one attached hydrogen (secondary N) is 4. The Hall–Kier alpha value is -3.83. The molecule has 42 heavy (non-hydrogen) atoms. The summed E-state index contributed by atoms with van der Waals surface area (Å²) in [6.45, 7) is 12.2. The summed E-state index contributed by atoms with van der Waals surface area (Å²) in [5.41, 5.74) is 5.64. The molecule has 0 radical (unpaired) electrons. The van der Waals surface area contributed by atoms with Crippen molar-refractivity contribution in [1.29, 1.82) is 0 Å². The van der Waals surface area contributed by atoms with Crippen molar-refractivity contribution in [1.82, 2.24) is 20.9 Å². The number of hydrogen-bond donors (Lipinski definition) is 5. The summed E-state index contributed by atoms with van der Waals surface area (Å²) in [5, 5.41) is 11.1. The molecule has 0 aliphatic carbocycles. The highest BCUT2D eigenvalue weighted by Gasteiger charge is 2.41. The van der Waals surface area contributed by atoms with E-state index in [4.69, 9.17) is 10.5 Å². The summed E-state index contributed by atoms with van der Waals surface area (Å²) in [6.07, 6.45) is 1.39. The summed E-state index contributed by atoms with van der Waals surface area (Å²) in [6, 6.07) is 4.03. The maximum absolute atomic E-state index is 13.4. The lowest BCUT2D eigenvalue weighted by Crippen LogP contribution is -2.52. The summed E-state index contributed by atoms with van der Waals surface area (Å²) in [4.78, 5) is 65.1. The highest BCUT2D eigenvalue weighted by molar-refractivity contribution is 5.93. The number of likely N-dealkylation sites (tertiary alicyclic amines) is 1. The Balaban J connectivity index is 2.05. The molecule has 1 saturated heterocycles. The van der Waals surface area contributed by atoms with Gasteiger partial charge in [-0.2, -0.15) is 0 Å². The van der Waals surface area contributed by atoms with Gasteiger partial charge in [-0.25, -0.2) is 4.79 Å². The third kappa shape index (κ3) is 12.0. The average Bonchev–Trinajstić information content (AvgIpc) is 3.27. The molecule has 6 amide bonds. The second kappa shape index (κ2) is 14.9. The van der Waals surface area contributed by atoms with E-state index >= 15 is 0 Å². The van der Waals surface area contributed by atoms with Crippen LogP contribution in [-0.4, -0.2) is 72.9 Å². The van der Waals surface area contributed by atoms with Gasteiger partial charge in [0.25, 0.3) is 0 Å². The number of ether oxygens (including phenoxy) is 1. The highest BCUT2D eigenvalue weighted by atomic mass is 16.5. The number of benzene rings is 1. The third-order valence-electron chi connectivity index (χ3n) is 6.61. The second-order valence-electron chi connectivity index (χ2n) is 13.3. The summed E-state index contributed by atoms with van der Waals surface area (Å²) >= 11 is 0. The van der Waals surface area contributed by atoms with Crippen molar-refractivity contribution in [2.24, 2.45) is 16.6 Å². The van der Waals surface area contributed by atoms with E-state index in [2.05, 4.69) is 21.3 Å². The quantitative estimate of drug-likeness (QED) is 0.235. The van der Waals surface area contributed by atoms with Crippen molar-refractivity contribution >= 4 is 35.3 Å². The summed E-state index contributed by atoms with van der Waals surface area (Å²) in [7, 11) is 1.53. The minimum absolute atomic E-state index is 0.0879. The SMILES string of the molecule is COc1cccc(NC(=O)N[C@H]2C[C@@H](C(=O)N[C@@H](CCCNC(=O)CC(C)(C)C)C(N)=O)N(C(=O)CC(C)(C)C)C2)c1. The Morgan fingerprint density at radius 3 is 2.31 bits per heavy atom. The average molecular weight is 589 g/mol. The van der Waals surface area contributed by atoms with Crippen LogP contribution in [0.5, 0.6) is 5.75 Å². The first kappa shape index (κ1) is 34.4. The largest absolute Gasteiger partial charge is 0.497 e. The van der Waals surface area contributed by atoms with Crippen molar-refractivity contribution < 1.29 is 28.7 Å². The fourth-order valence-corrected chi connectivity index (χ4v) is 4.70. The number of nitrogens with zero attached hydrogens (tertiary/aromatic N) is 1. The van der Waals surface area contributed by atoms with E-state index in [1.54, 1.807) is 24.3 Å². The van der Waals surface area contributed by atoms with Gasteiger partial charge in [0.05, 0.1) is 13.2 Å². The molecule has 12 nitrogen and oxygen atoms in total. The number of rotatable bonds is 12. The number of methoxy groups -OCH3 is 1. The van der Waals surface area contributed by atoms with E-state index in [0.29, 0.717) is 30.8 Å². The Morgan fingerprint density at radius 1 is 1.05 bits per heavy atom. The molecule has 2 rings (SSSR count). The molecule has 3 atom stereocenters. The first-order chi connectivity index (χ1) is 19.5. The van der Waals surface area contributed by atoms with Crippen LogP contribution in [-0.2, 0) is 19.2 Å². The number of hydrogen-bond acceptors (Lipinski definition) is 6. The van der Waals surface area contributed by atoms with Crippen LogP contribution in [0.25, 0.3) is 0 Å². The molecule has 0 saturated carbocycles. The van der Waals surface area contributed by atoms with E-state index < -0.39 is 36.0 Å². The topological polar surface area (TPSA) is 172 Å². The predicted octanol–water partition coefficient (Wildman–Crippen LogP) is 2.53. The number of nitrogens with two attached hydrogens (primary N) is 1.